The first-order valence-corrected chi connectivity index (χ1v) is 7.52. The number of hydrogen-bond acceptors (Lipinski definition) is 2. The molecule has 0 unspecified atom stereocenters. The number of aryl methyl sites for hydroxylation is 2. The van der Waals surface area contributed by atoms with Crippen LogP contribution in [-0.2, 0) is 11.2 Å². The quantitative estimate of drug-likeness (QED) is 0.598. The Hall–Kier alpha value is -2.47. The smallest absolute Gasteiger partial charge is 0.242 e. The van der Waals surface area contributed by atoms with E-state index < -0.39 is 0 Å². The third-order valence-corrected chi connectivity index (χ3v) is 3.28. The highest BCUT2D eigenvalue weighted by atomic mass is 32.1. The molecule has 0 aliphatic rings. The third-order valence-electron chi connectivity index (χ3n) is 3.07. The maximum atomic E-state index is 12.8. The minimum Gasteiger partial charge on any atom is -0.331 e. The number of carbonyl (C=O) groups excluding carboxylic acids is 1. The van der Waals surface area contributed by atoms with Crippen molar-refractivity contribution in [1.82, 2.24) is 10.9 Å². The van der Waals surface area contributed by atoms with E-state index in [1.165, 1.54) is 12.1 Å². The molecular weight excluding hydrogens is 313 g/mol. The van der Waals surface area contributed by atoms with Gasteiger partial charge in [-0.05, 0) is 67.0 Å². The first kappa shape index (κ1) is 16.9. The van der Waals surface area contributed by atoms with Crippen molar-refractivity contribution < 1.29 is 9.18 Å². The van der Waals surface area contributed by atoms with Crippen molar-refractivity contribution in [1.29, 1.82) is 0 Å². The van der Waals surface area contributed by atoms with Crippen molar-refractivity contribution in [3.63, 3.8) is 0 Å². The van der Waals surface area contributed by atoms with Gasteiger partial charge in [-0.2, -0.15) is 0 Å². The number of nitrogens with one attached hydrogen (secondary N) is 3. The van der Waals surface area contributed by atoms with Gasteiger partial charge in [0.25, 0.3) is 0 Å². The summed E-state index contributed by atoms with van der Waals surface area (Å²) in [6.07, 6.45) is 0.138. The van der Waals surface area contributed by atoms with Crippen LogP contribution in [0.1, 0.15) is 16.7 Å². The number of anilines is 1. The summed E-state index contributed by atoms with van der Waals surface area (Å²) in [5, 5.41) is 3.30. The normalized spacial score (nSPS) is 10.0. The van der Waals surface area contributed by atoms with Crippen molar-refractivity contribution in [2.75, 3.05) is 5.32 Å². The lowest BCUT2D eigenvalue weighted by atomic mass is 10.1. The zero-order valence-electron chi connectivity index (χ0n) is 12.9. The van der Waals surface area contributed by atoms with Crippen molar-refractivity contribution in [3.05, 3.63) is 65.0 Å². The van der Waals surface area contributed by atoms with Gasteiger partial charge in [-0.15, -0.1) is 0 Å². The fraction of sp³-hybridized carbons (Fsp3) is 0.176. The van der Waals surface area contributed by atoms with Crippen LogP contribution in [0.15, 0.2) is 42.5 Å². The molecule has 0 heterocycles. The third kappa shape index (κ3) is 5.67. The number of thiocarbonyl (C=S) groups is 1. The molecule has 0 spiro atoms. The first-order valence-electron chi connectivity index (χ1n) is 7.11. The lowest BCUT2D eigenvalue weighted by Crippen LogP contribution is -2.44. The molecule has 2 aromatic rings. The number of rotatable bonds is 3. The van der Waals surface area contributed by atoms with Crippen molar-refractivity contribution in [3.8, 4) is 0 Å². The van der Waals surface area contributed by atoms with Crippen LogP contribution in [0.3, 0.4) is 0 Å². The van der Waals surface area contributed by atoms with E-state index in [-0.39, 0.29) is 18.1 Å². The molecular formula is C17H18FN3OS. The van der Waals surface area contributed by atoms with Gasteiger partial charge < -0.3 is 5.32 Å². The first-order chi connectivity index (χ1) is 10.9. The van der Waals surface area contributed by atoms with E-state index in [1.54, 1.807) is 12.1 Å². The standard InChI is InChI=1S/C17H18FN3OS/c1-11-7-12(2)9-15(8-11)19-17(23)21-20-16(22)10-13-3-5-14(18)6-4-13/h3-9H,10H2,1-2H3,(H,20,22)(H2,19,21,23). The summed E-state index contributed by atoms with van der Waals surface area (Å²) in [6.45, 7) is 4.00. The fourth-order valence-electron chi connectivity index (χ4n) is 2.17. The van der Waals surface area contributed by atoms with Crippen molar-refractivity contribution in [2.45, 2.75) is 20.3 Å². The van der Waals surface area contributed by atoms with Gasteiger partial charge >= 0.3 is 0 Å². The summed E-state index contributed by atoms with van der Waals surface area (Å²) in [4.78, 5) is 11.8. The van der Waals surface area contributed by atoms with E-state index in [0.29, 0.717) is 5.11 Å². The topological polar surface area (TPSA) is 53.2 Å². The maximum Gasteiger partial charge on any atom is 0.242 e. The zero-order chi connectivity index (χ0) is 16.8. The van der Waals surface area contributed by atoms with Gasteiger partial charge in [-0.3, -0.25) is 15.6 Å². The van der Waals surface area contributed by atoms with E-state index >= 15 is 0 Å². The Balaban J connectivity index is 1.81. The summed E-state index contributed by atoms with van der Waals surface area (Å²) in [5.41, 5.74) is 8.97. The molecule has 1 amide bonds. The summed E-state index contributed by atoms with van der Waals surface area (Å²) in [7, 11) is 0. The second-order valence-corrected chi connectivity index (χ2v) is 5.72. The van der Waals surface area contributed by atoms with Gasteiger partial charge in [0, 0.05) is 5.69 Å². The Kier molecular flexibility index (Phi) is 5.65. The molecule has 0 aromatic heterocycles. The molecule has 3 N–H and O–H groups in total. The Morgan fingerprint density at radius 3 is 2.26 bits per heavy atom. The van der Waals surface area contributed by atoms with E-state index in [2.05, 4.69) is 22.2 Å². The largest absolute Gasteiger partial charge is 0.331 e. The van der Waals surface area contributed by atoms with Gasteiger partial charge in [0.15, 0.2) is 5.11 Å². The van der Waals surface area contributed by atoms with Crippen molar-refractivity contribution >= 4 is 28.9 Å². The second kappa shape index (κ2) is 7.69. The average Bonchev–Trinajstić information content (AvgIpc) is 2.46. The summed E-state index contributed by atoms with van der Waals surface area (Å²) >= 11 is 5.14. The molecule has 6 heteroatoms. The van der Waals surface area contributed by atoms with E-state index in [9.17, 15) is 9.18 Å². The molecule has 0 saturated heterocycles. The number of halogens is 1. The molecule has 2 rings (SSSR count). The van der Waals surface area contributed by atoms with E-state index in [1.807, 2.05) is 26.0 Å². The molecule has 0 fully saturated rings. The highest BCUT2D eigenvalue weighted by Gasteiger charge is 2.05. The number of benzene rings is 2. The molecule has 0 radical (unpaired) electrons. The second-order valence-electron chi connectivity index (χ2n) is 5.31. The number of hydrogen-bond donors (Lipinski definition) is 3. The van der Waals surface area contributed by atoms with Crippen LogP contribution in [0.2, 0.25) is 0 Å². The highest BCUT2D eigenvalue weighted by Crippen LogP contribution is 2.13. The lowest BCUT2D eigenvalue weighted by molar-refractivity contribution is -0.120. The van der Waals surface area contributed by atoms with Crippen LogP contribution in [0.5, 0.6) is 0 Å². The van der Waals surface area contributed by atoms with E-state index in [4.69, 9.17) is 12.2 Å². The van der Waals surface area contributed by atoms with Gasteiger partial charge in [0.2, 0.25) is 5.91 Å². The van der Waals surface area contributed by atoms with Gasteiger partial charge in [-0.25, -0.2) is 4.39 Å². The molecule has 0 bridgehead atoms. The predicted molar refractivity (Wildman–Crippen MR) is 93.5 cm³/mol. The number of carbonyl (C=O) groups is 1. The number of amides is 1. The molecule has 0 aliphatic heterocycles. The lowest BCUT2D eigenvalue weighted by Gasteiger charge is -2.12. The predicted octanol–water partition coefficient (Wildman–Crippen LogP) is 3.00. The molecule has 23 heavy (non-hydrogen) atoms. The Morgan fingerprint density at radius 2 is 1.65 bits per heavy atom. The van der Waals surface area contributed by atoms with Gasteiger partial charge in [0.1, 0.15) is 5.82 Å². The Morgan fingerprint density at radius 1 is 1.04 bits per heavy atom. The van der Waals surface area contributed by atoms with Crippen LogP contribution < -0.4 is 16.2 Å². The van der Waals surface area contributed by atoms with Crippen molar-refractivity contribution in [2.24, 2.45) is 0 Å². The van der Waals surface area contributed by atoms with Crippen LogP contribution in [0, 0.1) is 19.7 Å². The summed E-state index contributed by atoms with van der Waals surface area (Å²) in [6, 6.07) is 11.8. The monoisotopic (exact) mass is 331 g/mol. The number of hydrazine groups is 1. The van der Waals surface area contributed by atoms with Crippen LogP contribution in [-0.4, -0.2) is 11.0 Å². The van der Waals surface area contributed by atoms with Gasteiger partial charge in [0.05, 0.1) is 6.42 Å². The van der Waals surface area contributed by atoms with Crippen LogP contribution >= 0.6 is 12.2 Å². The molecule has 2 aromatic carbocycles. The fourth-order valence-corrected chi connectivity index (χ4v) is 2.34. The van der Waals surface area contributed by atoms with Crippen LogP contribution in [0.25, 0.3) is 0 Å². The maximum absolute atomic E-state index is 12.8. The zero-order valence-corrected chi connectivity index (χ0v) is 13.8. The molecule has 120 valence electrons. The SMILES string of the molecule is Cc1cc(C)cc(NC(=S)NNC(=O)Cc2ccc(F)cc2)c1. The van der Waals surface area contributed by atoms with E-state index in [0.717, 1.165) is 22.4 Å². The minimum absolute atomic E-state index is 0.138. The Bertz CT molecular complexity index is 696. The summed E-state index contributed by atoms with van der Waals surface area (Å²) in [5.74, 6) is -0.590. The molecule has 0 atom stereocenters. The highest BCUT2D eigenvalue weighted by molar-refractivity contribution is 7.80. The average molecular weight is 331 g/mol. The minimum atomic E-state index is -0.328. The van der Waals surface area contributed by atoms with Gasteiger partial charge in [-0.1, -0.05) is 18.2 Å². The summed E-state index contributed by atoms with van der Waals surface area (Å²) < 4.78 is 12.8. The Labute approximate surface area is 140 Å². The molecule has 4 nitrogen and oxygen atoms in total. The molecule has 0 aliphatic carbocycles. The molecule has 0 saturated carbocycles. The van der Waals surface area contributed by atoms with Crippen LogP contribution in [0.4, 0.5) is 10.1 Å².